The molecule has 1 aromatic heterocycles. The van der Waals surface area contributed by atoms with Crippen molar-refractivity contribution >= 4 is 35.0 Å². The fourth-order valence-electron chi connectivity index (χ4n) is 3.82. The number of aryl methyl sites for hydroxylation is 1. The van der Waals surface area contributed by atoms with Crippen LogP contribution in [0.25, 0.3) is 11.6 Å². The van der Waals surface area contributed by atoms with E-state index in [2.05, 4.69) is 10.3 Å². The minimum Gasteiger partial charge on any atom is -0.497 e. The molecule has 31 heavy (non-hydrogen) atoms. The molecule has 2 aromatic rings. The molecule has 0 aliphatic carbocycles. The van der Waals surface area contributed by atoms with Crippen LogP contribution in [-0.4, -0.2) is 40.9 Å². The Morgan fingerprint density at radius 3 is 2.68 bits per heavy atom. The lowest BCUT2D eigenvalue weighted by atomic mass is 9.99. The van der Waals surface area contributed by atoms with Crippen LogP contribution in [0, 0.1) is 13.8 Å². The molecule has 1 unspecified atom stereocenters. The third-order valence-electron chi connectivity index (χ3n) is 5.54. The summed E-state index contributed by atoms with van der Waals surface area (Å²) in [6, 6.07) is 4.50. The molecule has 8 nitrogen and oxygen atoms in total. The number of aromatic nitrogens is 1. The van der Waals surface area contributed by atoms with E-state index in [0.29, 0.717) is 54.0 Å². The maximum atomic E-state index is 12.8. The van der Waals surface area contributed by atoms with E-state index in [1.165, 1.54) is 0 Å². The smallest absolute Gasteiger partial charge is 0.320 e. The second-order valence-electron chi connectivity index (χ2n) is 7.70. The number of ether oxygens (including phenoxy) is 1. The molecule has 0 radical (unpaired) electrons. The number of H-pyrrole nitrogens is 1. The number of ketones is 1. The predicted octanol–water partition coefficient (Wildman–Crippen LogP) is 3.29. The quantitative estimate of drug-likeness (QED) is 0.277. The lowest BCUT2D eigenvalue weighted by Gasteiger charge is -2.06. The van der Waals surface area contributed by atoms with Crippen LogP contribution in [0.15, 0.2) is 18.2 Å². The van der Waals surface area contributed by atoms with E-state index in [0.717, 1.165) is 16.8 Å². The topological polar surface area (TPSA) is 135 Å². The number of methoxy groups -OCH3 is 1. The number of hydrogen-bond donors (Lipinski definition) is 4. The molecule has 1 atom stereocenters. The lowest BCUT2D eigenvalue weighted by molar-refractivity contribution is -0.138. The van der Waals surface area contributed by atoms with Crippen molar-refractivity contribution in [1.82, 2.24) is 4.98 Å². The summed E-state index contributed by atoms with van der Waals surface area (Å²) in [6.45, 7) is 3.68. The van der Waals surface area contributed by atoms with Gasteiger partial charge in [0.1, 0.15) is 11.8 Å². The van der Waals surface area contributed by atoms with E-state index in [1.807, 2.05) is 19.9 Å². The van der Waals surface area contributed by atoms with Gasteiger partial charge in [0, 0.05) is 35.0 Å². The van der Waals surface area contributed by atoms with E-state index >= 15 is 0 Å². The zero-order chi connectivity index (χ0) is 22.7. The third-order valence-corrected chi connectivity index (χ3v) is 5.54. The highest BCUT2D eigenvalue weighted by molar-refractivity contribution is 6.35. The molecule has 164 valence electrons. The van der Waals surface area contributed by atoms with Gasteiger partial charge in [0.05, 0.1) is 18.4 Å². The molecule has 3 rings (SSSR count). The van der Waals surface area contributed by atoms with Crippen LogP contribution in [0.4, 0.5) is 5.69 Å². The van der Waals surface area contributed by atoms with Crippen molar-refractivity contribution in [1.29, 1.82) is 0 Å². The average molecular weight is 425 g/mol. The van der Waals surface area contributed by atoms with E-state index in [1.54, 1.807) is 25.3 Å². The van der Waals surface area contributed by atoms with Gasteiger partial charge in [0.2, 0.25) is 0 Å². The number of hydrogen-bond acceptors (Lipinski definition) is 5. The molecule has 5 N–H and O–H groups in total. The number of nitrogens with two attached hydrogens (primary N) is 1. The summed E-state index contributed by atoms with van der Waals surface area (Å²) in [5.74, 6) is -0.597. The number of anilines is 1. The van der Waals surface area contributed by atoms with Crippen LogP contribution < -0.4 is 15.8 Å². The zero-order valence-corrected chi connectivity index (χ0v) is 17.9. The highest BCUT2D eigenvalue weighted by atomic mass is 16.5. The Balaban J connectivity index is 1.77. The highest BCUT2D eigenvalue weighted by Gasteiger charge is 2.26. The Morgan fingerprint density at radius 2 is 2.00 bits per heavy atom. The minimum atomic E-state index is -1.03. The van der Waals surface area contributed by atoms with Gasteiger partial charge >= 0.3 is 5.97 Å². The Hall–Kier alpha value is -3.39. The van der Waals surface area contributed by atoms with Crippen LogP contribution in [0.3, 0.4) is 0 Å². The SMILES string of the molecule is COc1ccc2c(c1)NC(=O)/C2=C\c1[nH]c(C)c(C(=O)CCCCC(N)C(=O)O)c1C. The minimum absolute atomic E-state index is 0.0131. The largest absolute Gasteiger partial charge is 0.497 e. The van der Waals surface area contributed by atoms with Gasteiger partial charge < -0.3 is 25.9 Å². The van der Waals surface area contributed by atoms with Gasteiger partial charge in [-0.1, -0.05) is 6.42 Å². The summed E-state index contributed by atoms with van der Waals surface area (Å²) in [5.41, 5.74) is 10.3. The van der Waals surface area contributed by atoms with Crippen molar-refractivity contribution < 1.29 is 24.2 Å². The lowest BCUT2D eigenvalue weighted by Crippen LogP contribution is -2.29. The molecule has 0 bridgehead atoms. The first-order valence-corrected chi connectivity index (χ1v) is 10.1. The molecule has 0 fully saturated rings. The number of rotatable bonds is 9. The van der Waals surface area contributed by atoms with Gasteiger partial charge in [-0.25, -0.2) is 0 Å². The number of carboxylic acid groups (broad SMARTS) is 1. The number of nitrogens with one attached hydrogen (secondary N) is 2. The number of carbonyl (C=O) groups is 3. The van der Waals surface area contributed by atoms with Crippen molar-refractivity contribution in [3.63, 3.8) is 0 Å². The van der Waals surface area contributed by atoms with Gasteiger partial charge in [0.25, 0.3) is 5.91 Å². The van der Waals surface area contributed by atoms with E-state index < -0.39 is 12.0 Å². The first-order valence-electron chi connectivity index (χ1n) is 10.1. The molecule has 1 aromatic carbocycles. The summed E-state index contributed by atoms with van der Waals surface area (Å²) >= 11 is 0. The normalized spacial score (nSPS) is 15.0. The van der Waals surface area contributed by atoms with Gasteiger partial charge in [-0.3, -0.25) is 14.4 Å². The van der Waals surface area contributed by atoms with Crippen molar-refractivity contribution in [3.8, 4) is 5.75 Å². The first-order chi connectivity index (χ1) is 14.7. The summed E-state index contributed by atoms with van der Waals surface area (Å²) in [6.07, 6.45) is 3.55. The van der Waals surface area contributed by atoms with Crippen LogP contribution >= 0.6 is 0 Å². The number of fused-ring (bicyclic) bond motifs is 1. The summed E-state index contributed by atoms with van der Waals surface area (Å²) < 4.78 is 5.21. The number of carboxylic acids is 1. The van der Waals surface area contributed by atoms with Crippen molar-refractivity contribution in [2.75, 3.05) is 12.4 Å². The third kappa shape index (κ3) is 4.69. The predicted molar refractivity (Wildman–Crippen MR) is 118 cm³/mol. The molecule has 0 saturated carbocycles. The second-order valence-corrected chi connectivity index (χ2v) is 7.70. The van der Waals surface area contributed by atoms with Gasteiger partial charge in [0.15, 0.2) is 5.78 Å². The van der Waals surface area contributed by atoms with Gasteiger partial charge in [-0.15, -0.1) is 0 Å². The van der Waals surface area contributed by atoms with Crippen LogP contribution in [-0.2, 0) is 9.59 Å². The van der Waals surface area contributed by atoms with Gasteiger partial charge in [-0.05, 0) is 50.5 Å². The molecule has 1 aliphatic rings. The van der Waals surface area contributed by atoms with E-state index in [9.17, 15) is 14.4 Å². The van der Waals surface area contributed by atoms with Gasteiger partial charge in [-0.2, -0.15) is 0 Å². The fraction of sp³-hybridized carbons (Fsp3) is 0.348. The zero-order valence-electron chi connectivity index (χ0n) is 17.9. The molecule has 2 heterocycles. The number of aliphatic carboxylic acids is 1. The molecule has 1 amide bonds. The number of benzene rings is 1. The first kappa shape index (κ1) is 22.3. The van der Waals surface area contributed by atoms with Crippen LogP contribution in [0.2, 0.25) is 0 Å². The number of Topliss-reactive ketones (excluding diaryl/α,β-unsaturated/α-hetero) is 1. The molecular weight excluding hydrogens is 398 g/mol. The Kier molecular flexibility index (Phi) is 6.60. The Labute approximate surface area is 180 Å². The molecule has 0 spiro atoms. The van der Waals surface area contributed by atoms with Crippen LogP contribution in [0.1, 0.15) is 58.6 Å². The second kappa shape index (κ2) is 9.18. The summed E-state index contributed by atoms with van der Waals surface area (Å²) in [7, 11) is 1.57. The molecule has 1 aliphatic heterocycles. The van der Waals surface area contributed by atoms with E-state index in [-0.39, 0.29) is 11.7 Å². The summed E-state index contributed by atoms with van der Waals surface area (Å²) in [4.78, 5) is 39.3. The number of aromatic amines is 1. The monoisotopic (exact) mass is 425 g/mol. The number of carbonyl (C=O) groups excluding carboxylic acids is 2. The molecule has 8 heteroatoms. The number of amides is 1. The Morgan fingerprint density at radius 1 is 1.26 bits per heavy atom. The molecule has 0 saturated heterocycles. The maximum absolute atomic E-state index is 12.8. The summed E-state index contributed by atoms with van der Waals surface area (Å²) in [5, 5.41) is 11.7. The van der Waals surface area contributed by atoms with Crippen molar-refractivity contribution in [2.45, 2.75) is 45.6 Å². The van der Waals surface area contributed by atoms with E-state index in [4.69, 9.17) is 15.6 Å². The number of unbranched alkanes of at least 4 members (excludes halogenated alkanes) is 1. The average Bonchev–Trinajstić information content (AvgIpc) is 3.19. The highest BCUT2D eigenvalue weighted by Crippen LogP contribution is 2.36. The molecular formula is C23H27N3O5. The maximum Gasteiger partial charge on any atom is 0.320 e. The standard InChI is InChI=1S/C23H27N3O5/c1-12-18(11-16-15-9-8-14(31-3)10-19(15)26-22(16)28)25-13(2)21(12)20(27)7-5-4-6-17(24)23(29)30/h8-11,17,25H,4-7,24H2,1-3H3,(H,26,28)(H,29,30)/b16-11-. The van der Waals surface area contributed by atoms with Crippen molar-refractivity contribution in [3.05, 3.63) is 46.3 Å². The fourth-order valence-corrected chi connectivity index (χ4v) is 3.82. The van der Waals surface area contributed by atoms with Crippen molar-refractivity contribution in [2.24, 2.45) is 5.73 Å². The Bertz CT molecular complexity index is 1070. The van der Waals surface area contributed by atoms with Crippen LogP contribution in [0.5, 0.6) is 5.75 Å².